The van der Waals surface area contributed by atoms with Crippen molar-refractivity contribution < 1.29 is 5.11 Å². The first-order chi connectivity index (χ1) is 7.47. The van der Waals surface area contributed by atoms with Gasteiger partial charge < -0.3 is 10.8 Å². The molecule has 3 N–H and O–H groups in total. The van der Waals surface area contributed by atoms with E-state index in [1.807, 2.05) is 39.1 Å². The van der Waals surface area contributed by atoms with Crippen LogP contribution in [0.3, 0.4) is 0 Å². The first-order valence-corrected chi connectivity index (χ1v) is 5.63. The van der Waals surface area contributed by atoms with Gasteiger partial charge in [0.1, 0.15) is 0 Å². The molecule has 1 rings (SSSR count). The Bertz CT molecular complexity index is 336. The van der Waals surface area contributed by atoms with Crippen molar-refractivity contribution in [2.75, 3.05) is 25.9 Å². The molecule has 0 aliphatic rings. The van der Waals surface area contributed by atoms with E-state index >= 15 is 0 Å². The summed E-state index contributed by atoms with van der Waals surface area (Å²) in [7, 11) is 2.02. The molecule has 0 saturated heterocycles. The third-order valence-corrected chi connectivity index (χ3v) is 3.19. The summed E-state index contributed by atoms with van der Waals surface area (Å²) in [4.78, 5) is 2.15. The van der Waals surface area contributed by atoms with E-state index in [1.54, 1.807) is 0 Å². The predicted molar refractivity (Wildman–Crippen MR) is 68.4 cm³/mol. The molecule has 3 nitrogen and oxygen atoms in total. The smallest absolute Gasteiger partial charge is 0.0609 e. The van der Waals surface area contributed by atoms with Crippen LogP contribution in [0.4, 0.5) is 5.69 Å². The zero-order valence-corrected chi connectivity index (χ0v) is 10.4. The highest BCUT2D eigenvalue weighted by molar-refractivity contribution is 5.46. The van der Waals surface area contributed by atoms with Crippen LogP contribution in [0.25, 0.3) is 0 Å². The Labute approximate surface area is 97.9 Å². The van der Waals surface area contributed by atoms with Crippen molar-refractivity contribution >= 4 is 5.69 Å². The minimum atomic E-state index is -0.177. The normalized spacial score (nSPS) is 12.1. The van der Waals surface area contributed by atoms with Crippen LogP contribution in [-0.4, -0.2) is 35.7 Å². The summed E-state index contributed by atoms with van der Waals surface area (Å²) in [5, 5.41) is 9.25. The standard InChI is InChI=1S/C13H22N2O/c1-13(2,10-16)15(3)9-8-11-6-4-5-7-12(11)14/h4-7,16H,8-10,14H2,1-3H3. The molecule has 1 aromatic carbocycles. The summed E-state index contributed by atoms with van der Waals surface area (Å²) in [6.45, 7) is 5.11. The van der Waals surface area contributed by atoms with Gasteiger partial charge in [-0.2, -0.15) is 0 Å². The van der Waals surface area contributed by atoms with Crippen molar-refractivity contribution in [1.29, 1.82) is 0 Å². The Morgan fingerprint density at radius 1 is 1.31 bits per heavy atom. The molecule has 1 aromatic rings. The fourth-order valence-electron chi connectivity index (χ4n) is 1.47. The number of nitrogens with zero attached hydrogens (tertiary/aromatic N) is 1. The molecule has 0 spiro atoms. The third-order valence-electron chi connectivity index (χ3n) is 3.19. The number of aliphatic hydroxyl groups excluding tert-OH is 1. The summed E-state index contributed by atoms with van der Waals surface area (Å²) >= 11 is 0. The molecule has 0 radical (unpaired) electrons. The van der Waals surface area contributed by atoms with E-state index in [0.29, 0.717) is 0 Å². The minimum absolute atomic E-state index is 0.160. The largest absolute Gasteiger partial charge is 0.399 e. The number of nitrogens with two attached hydrogens (primary N) is 1. The molecule has 0 unspecified atom stereocenters. The summed E-state index contributed by atoms with van der Waals surface area (Å²) in [5.74, 6) is 0. The zero-order chi connectivity index (χ0) is 12.2. The number of para-hydroxylation sites is 1. The molecule has 90 valence electrons. The van der Waals surface area contributed by atoms with Crippen molar-refractivity contribution in [2.45, 2.75) is 25.8 Å². The molecule has 0 aromatic heterocycles. The number of benzene rings is 1. The summed E-state index contributed by atoms with van der Waals surface area (Å²) in [6, 6.07) is 7.92. The summed E-state index contributed by atoms with van der Waals surface area (Å²) in [5.41, 5.74) is 7.72. The number of hydrogen-bond donors (Lipinski definition) is 2. The zero-order valence-electron chi connectivity index (χ0n) is 10.4. The van der Waals surface area contributed by atoms with Gasteiger partial charge in [-0.1, -0.05) is 18.2 Å². The fourth-order valence-corrected chi connectivity index (χ4v) is 1.47. The summed E-state index contributed by atoms with van der Waals surface area (Å²) < 4.78 is 0. The topological polar surface area (TPSA) is 49.5 Å². The van der Waals surface area contributed by atoms with Crippen LogP contribution in [0.5, 0.6) is 0 Å². The fraction of sp³-hybridized carbons (Fsp3) is 0.538. The Balaban J connectivity index is 2.56. The molecule has 0 aliphatic heterocycles. The van der Waals surface area contributed by atoms with Crippen LogP contribution >= 0.6 is 0 Å². The SMILES string of the molecule is CN(CCc1ccccc1N)C(C)(C)CO. The van der Waals surface area contributed by atoms with E-state index in [9.17, 15) is 5.11 Å². The maximum absolute atomic E-state index is 9.25. The highest BCUT2D eigenvalue weighted by Crippen LogP contribution is 2.15. The van der Waals surface area contributed by atoms with E-state index < -0.39 is 0 Å². The highest BCUT2D eigenvalue weighted by Gasteiger charge is 2.21. The lowest BCUT2D eigenvalue weighted by Gasteiger charge is -2.33. The molecule has 0 amide bonds. The molecule has 0 heterocycles. The number of hydrogen-bond acceptors (Lipinski definition) is 3. The van der Waals surface area contributed by atoms with Gasteiger partial charge in [0.15, 0.2) is 0 Å². The quantitative estimate of drug-likeness (QED) is 0.743. The number of anilines is 1. The predicted octanol–water partition coefficient (Wildman–Crippen LogP) is 1.51. The van der Waals surface area contributed by atoms with Crippen LogP contribution in [-0.2, 0) is 6.42 Å². The van der Waals surface area contributed by atoms with Crippen LogP contribution in [0.2, 0.25) is 0 Å². The van der Waals surface area contributed by atoms with E-state index in [0.717, 1.165) is 18.7 Å². The highest BCUT2D eigenvalue weighted by atomic mass is 16.3. The van der Waals surface area contributed by atoms with Crippen molar-refractivity contribution in [2.24, 2.45) is 0 Å². The van der Waals surface area contributed by atoms with Gasteiger partial charge in [0.2, 0.25) is 0 Å². The van der Waals surface area contributed by atoms with Gasteiger partial charge in [0.25, 0.3) is 0 Å². The van der Waals surface area contributed by atoms with Crippen LogP contribution < -0.4 is 5.73 Å². The molecule has 0 aliphatic carbocycles. The monoisotopic (exact) mass is 222 g/mol. The van der Waals surface area contributed by atoms with Crippen molar-refractivity contribution in [3.63, 3.8) is 0 Å². The van der Waals surface area contributed by atoms with Crippen LogP contribution in [0.15, 0.2) is 24.3 Å². The van der Waals surface area contributed by atoms with Crippen molar-refractivity contribution in [3.8, 4) is 0 Å². The Morgan fingerprint density at radius 3 is 2.50 bits per heavy atom. The van der Waals surface area contributed by atoms with Crippen LogP contribution in [0, 0.1) is 0 Å². The molecule has 0 bridgehead atoms. The van der Waals surface area contributed by atoms with Crippen molar-refractivity contribution in [1.82, 2.24) is 4.90 Å². The van der Waals surface area contributed by atoms with E-state index in [2.05, 4.69) is 11.0 Å². The third kappa shape index (κ3) is 3.22. The van der Waals surface area contributed by atoms with Crippen molar-refractivity contribution in [3.05, 3.63) is 29.8 Å². The molecule has 16 heavy (non-hydrogen) atoms. The first-order valence-electron chi connectivity index (χ1n) is 5.63. The van der Waals surface area contributed by atoms with Gasteiger partial charge in [-0.15, -0.1) is 0 Å². The maximum Gasteiger partial charge on any atom is 0.0609 e. The second-order valence-corrected chi connectivity index (χ2v) is 4.84. The molecule has 3 heteroatoms. The van der Waals surface area contributed by atoms with Gasteiger partial charge in [-0.3, -0.25) is 4.90 Å². The van der Waals surface area contributed by atoms with Gasteiger partial charge >= 0.3 is 0 Å². The Kier molecular flexibility index (Phi) is 4.33. The number of likely N-dealkylation sites (N-methyl/N-ethyl adjacent to an activating group) is 1. The van der Waals surface area contributed by atoms with E-state index in [4.69, 9.17) is 5.73 Å². The van der Waals surface area contributed by atoms with Gasteiger partial charge in [-0.05, 0) is 38.9 Å². The Hall–Kier alpha value is -1.06. The molecular weight excluding hydrogens is 200 g/mol. The maximum atomic E-state index is 9.25. The molecule has 0 saturated carbocycles. The summed E-state index contributed by atoms with van der Waals surface area (Å²) in [6.07, 6.45) is 0.909. The first kappa shape index (κ1) is 13.0. The van der Waals surface area contributed by atoms with Crippen LogP contribution in [0.1, 0.15) is 19.4 Å². The van der Waals surface area contributed by atoms with Gasteiger partial charge in [-0.25, -0.2) is 0 Å². The number of aliphatic hydroxyl groups is 1. The van der Waals surface area contributed by atoms with E-state index in [1.165, 1.54) is 5.56 Å². The Morgan fingerprint density at radius 2 is 1.94 bits per heavy atom. The second kappa shape index (κ2) is 5.32. The molecular formula is C13H22N2O. The van der Waals surface area contributed by atoms with E-state index in [-0.39, 0.29) is 12.1 Å². The van der Waals surface area contributed by atoms with Gasteiger partial charge in [0.05, 0.1) is 6.61 Å². The number of nitrogen functional groups attached to an aromatic ring is 1. The minimum Gasteiger partial charge on any atom is -0.399 e. The van der Waals surface area contributed by atoms with Gasteiger partial charge in [0, 0.05) is 17.8 Å². The lowest BCUT2D eigenvalue weighted by atomic mass is 10.0. The average Bonchev–Trinajstić information content (AvgIpc) is 2.27. The molecule has 0 fully saturated rings. The average molecular weight is 222 g/mol. The lowest BCUT2D eigenvalue weighted by Crippen LogP contribution is -2.45. The number of rotatable bonds is 5. The molecule has 0 atom stereocenters. The second-order valence-electron chi connectivity index (χ2n) is 4.84. The lowest BCUT2D eigenvalue weighted by molar-refractivity contribution is 0.0801.